The molecule has 1 heterocycles. The lowest BCUT2D eigenvalue weighted by Gasteiger charge is -2.28. The fourth-order valence-corrected chi connectivity index (χ4v) is 3.55. The highest BCUT2D eigenvalue weighted by molar-refractivity contribution is 7.92. The lowest BCUT2D eigenvalue weighted by atomic mass is 10.1. The van der Waals surface area contributed by atoms with Gasteiger partial charge in [0, 0.05) is 31.5 Å². The lowest BCUT2D eigenvalue weighted by molar-refractivity contribution is 0.102. The summed E-state index contributed by atoms with van der Waals surface area (Å²) >= 11 is 6.16. The van der Waals surface area contributed by atoms with E-state index < -0.39 is 15.9 Å². The molecule has 0 aromatic heterocycles. The predicted octanol–water partition coefficient (Wildman–Crippen LogP) is 2.82. The molecule has 2 aromatic rings. The van der Waals surface area contributed by atoms with Crippen molar-refractivity contribution in [2.75, 3.05) is 54.1 Å². The Balaban J connectivity index is 1.75. The molecule has 7 nitrogen and oxygen atoms in total. The number of hydrogen-bond acceptors (Lipinski definition) is 5. The molecule has 1 fully saturated rings. The highest BCUT2D eigenvalue weighted by atomic mass is 35.5. The Kier molecular flexibility index (Phi) is 6.12. The number of amides is 1. The molecule has 3 rings (SSSR count). The molecule has 150 valence electrons. The second kappa shape index (κ2) is 8.38. The molecular weight excluding hydrogens is 402 g/mol. The van der Waals surface area contributed by atoms with E-state index in [2.05, 4.69) is 10.2 Å². The van der Waals surface area contributed by atoms with E-state index in [1.54, 1.807) is 6.07 Å². The van der Waals surface area contributed by atoms with Crippen molar-refractivity contribution in [2.45, 2.75) is 0 Å². The van der Waals surface area contributed by atoms with E-state index in [4.69, 9.17) is 16.3 Å². The van der Waals surface area contributed by atoms with Crippen LogP contribution in [0.1, 0.15) is 10.4 Å². The zero-order valence-corrected chi connectivity index (χ0v) is 17.3. The third-order valence-corrected chi connectivity index (χ3v) is 6.09. The molecule has 1 N–H and O–H groups in total. The van der Waals surface area contributed by atoms with Gasteiger partial charge in [-0.3, -0.25) is 9.10 Å². The number of rotatable bonds is 5. The smallest absolute Gasteiger partial charge is 0.257 e. The van der Waals surface area contributed by atoms with Crippen LogP contribution in [0.2, 0.25) is 5.02 Å². The third kappa shape index (κ3) is 4.76. The summed E-state index contributed by atoms with van der Waals surface area (Å²) in [7, 11) is -2.02. The number of halogens is 1. The first-order valence-corrected chi connectivity index (χ1v) is 11.0. The van der Waals surface area contributed by atoms with E-state index in [9.17, 15) is 13.2 Å². The molecule has 1 amide bonds. The largest absolute Gasteiger partial charge is 0.378 e. The number of morpholine rings is 1. The van der Waals surface area contributed by atoms with Crippen LogP contribution in [-0.4, -0.2) is 53.9 Å². The number of ether oxygens (including phenoxy) is 1. The number of nitrogens with one attached hydrogen (secondary N) is 1. The van der Waals surface area contributed by atoms with Crippen molar-refractivity contribution in [3.63, 3.8) is 0 Å². The van der Waals surface area contributed by atoms with Crippen molar-refractivity contribution < 1.29 is 17.9 Å². The maximum atomic E-state index is 12.7. The van der Waals surface area contributed by atoms with E-state index in [1.165, 1.54) is 19.2 Å². The Morgan fingerprint density at radius 3 is 2.39 bits per heavy atom. The minimum atomic E-state index is -3.44. The highest BCUT2D eigenvalue weighted by Crippen LogP contribution is 2.25. The summed E-state index contributed by atoms with van der Waals surface area (Å²) < 4.78 is 29.9. The van der Waals surface area contributed by atoms with E-state index in [1.807, 2.05) is 24.3 Å². The van der Waals surface area contributed by atoms with Gasteiger partial charge in [-0.25, -0.2) is 8.42 Å². The van der Waals surface area contributed by atoms with Crippen LogP contribution in [-0.2, 0) is 14.8 Å². The van der Waals surface area contributed by atoms with Crippen LogP contribution in [0.5, 0.6) is 0 Å². The average Bonchev–Trinajstić information content (AvgIpc) is 2.68. The van der Waals surface area contributed by atoms with Gasteiger partial charge in [0.15, 0.2) is 0 Å². The summed E-state index contributed by atoms with van der Waals surface area (Å²) in [4.78, 5) is 14.9. The van der Waals surface area contributed by atoms with Gasteiger partial charge in [0.1, 0.15) is 0 Å². The van der Waals surface area contributed by atoms with Crippen molar-refractivity contribution in [2.24, 2.45) is 0 Å². The van der Waals surface area contributed by atoms with Gasteiger partial charge in [0.25, 0.3) is 5.91 Å². The first-order valence-electron chi connectivity index (χ1n) is 8.73. The SMILES string of the molecule is CN(c1ccc(Cl)c(C(=O)Nc2ccc(N3CCOCC3)cc2)c1)S(C)(=O)=O. The van der Waals surface area contributed by atoms with Crippen molar-refractivity contribution in [3.8, 4) is 0 Å². The summed E-state index contributed by atoms with van der Waals surface area (Å²) in [5.41, 5.74) is 2.25. The van der Waals surface area contributed by atoms with Crippen molar-refractivity contribution >= 4 is 44.6 Å². The van der Waals surface area contributed by atoms with Gasteiger partial charge in [-0.1, -0.05) is 11.6 Å². The van der Waals surface area contributed by atoms with Crippen LogP contribution in [0.4, 0.5) is 17.1 Å². The molecule has 28 heavy (non-hydrogen) atoms. The Labute approximate surface area is 169 Å². The molecule has 0 saturated carbocycles. The van der Waals surface area contributed by atoms with Crippen molar-refractivity contribution in [3.05, 3.63) is 53.1 Å². The molecule has 1 saturated heterocycles. The minimum absolute atomic E-state index is 0.201. The molecular formula is C19H22ClN3O4S. The number of nitrogens with zero attached hydrogens (tertiary/aromatic N) is 2. The van der Waals surface area contributed by atoms with Gasteiger partial charge in [-0.05, 0) is 42.5 Å². The molecule has 1 aliphatic rings. The zero-order chi connectivity index (χ0) is 20.3. The summed E-state index contributed by atoms with van der Waals surface area (Å²) in [5, 5.41) is 3.04. The number of carbonyl (C=O) groups excluding carboxylic acids is 1. The average molecular weight is 424 g/mol. The summed E-state index contributed by atoms with van der Waals surface area (Å²) in [6, 6.07) is 12.0. The monoisotopic (exact) mass is 423 g/mol. The molecule has 0 radical (unpaired) electrons. The second-order valence-electron chi connectivity index (χ2n) is 6.50. The quantitative estimate of drug-likeness (QED) is 0.800. The topological polar surface area (TPSA) is 79.0 Å². The summed E-state index contributed by atoms with van der Waals surface area (Å²) in [5.74, 6) is -0.409. The number of hydrogen-bond donors (Lipinski definition) is 1. The van der Waals surface area contributed by atoms with E-state index in [0.29, 0.717) is 24.6 Å². The fraction of sp³-hybridized carbons (Fsp3) is 0.316. The Morgan fingerprint density at radius 2 is 1.79 bits per heavy atom. The Morgan fingerprint density at radius 1 is 1.14 bits per heavy atom. The van der Waals surface area contributed by atoms with Crippen LogP contribution in [0.3, 0.4) is 0 Å². The molecule has 0 spiro atoms. The first-order chi connectivity index (χ1) is 13.3. The van der Waals surface area contributed by atoms with Crippen LogP contribution < -0.4 is 14.5 Å². The van der Waals surface area contributed by atoms with Gasteiger partial charge >= 0.3 is 0 Å². The number of sulfonamides is 1. The number of anilines is 3. The van der Waals surface area contributed by atoms with Crippen LogP contribution in [0.15, 0.2) is 42.5 Å². The summed E-state index contributed by atoms with van der Waals surface area (Å²) in [6.45, 7) is 3.08. The molecule has 9 heteroatoms. The standard InChI is InChI=1S/C19H22ClN3O4S/c1-22(28(2,25)26)16-7-8-18(20)17(13-16)19(24)21-14-3-5-15(6-4-14)23-9-11-27-12-10-23/h3-8,13H,9-12H2,1-2H3,(H,21,24). The first kappa shape index (κ1) is 20.4. The Hall–Kier alpha value is -2.29. The van der Waals surface area contributed by atoms with Gasteiger partial charge in [-0.2, -0.15) is 0 Å². The van der Waals surface area contributed by atoms with Crippen molar-refractivity contribution in [1.82, 2.24) is 0 Å². The Bertz CT molecular complexity index is 958. The van der Waals surface area contributed by atoms with E-state index in [0.717, 1.165) is 29.3 Å². The molecule has 1 aliphatic heterocycles. The van der Waals surface area contributed by atoms with Gasteiger partial charge < -0.3 is 15.0 Å². The van der Waals surface area contributed by atoms with Gasteiger partial charge in [0.2, 0.25) is 10.0 Å². The maximum Gasteiger partial charge on any atom is 0.257 e. The normalized spacial score (nSPS) is 14.6. The van der Waals surface area contributed by atoms with Crippen molar-refractivity contribution in [1.29, 1.82) is 0 Å². The van der Waals surface area contributed by atoms with Crippen LogP contribution >= 0.6 is 11.6 Å². The zero-order valence-electron chi connectivity index (χ0n) is 15.7. The summed E-state index contributed by atoms with van der Waals surface area (Å²) in [6.07, 6.45) is 1.09. The van der Waals surface area contributed by atoms with Crippen LogP contribution in [0.25, 0.3) is 0 Å². The lowest BCUT2D eigenvalue weighted by Crippen LogP contribution is -2.36. The van der Waals surface area contributed by atoms with E-state index in [-0.39, 0.29) is 10.6 Å². The predicted molar refractivity (Wildman–Crippen MR) is 112 cm³/mol. The highest BCUT2D eigenvalue weighted by Gasteiger charge is 2.17. The fourth-order valence-electron chi connectivity index (χ4n) is 2.85. The second-order valence-corrected chi connectivity index (χ2v) is 8.92. The molecule has 0 unspecified atom stereocenters. The maximum absolute atomic E-state index is 12.7. The number of benzene rings is 2. The van der Waals surface area contributed by atoms with Gasteiger partial charge in [0.05, 0.1) is 35.7 Å². The molecule has 0 aliphatic carbocycles. The number of carbonyl (C=O) groups is 1. The minimum Gasteiger partial charge on any atom is -0.378 e. The molecule has 0 atom stereocenters. The molecule has 2 aromatic carbocycles. The van der Waals surface area contributed by atoms with Crippen LogP contribution in [0, 0.1) is 0 Å². The third-order valence-electron chi connectivity index (χ3n) is 4.56. The van der Waals surface area contributed by atoms with E-state index >= 15 is 0 Å². The molecule has 0 bridgehead atoms. The van der Waals surface area contributed by atoms with Gasteiger partial charge in [-0.15, -0.1) is 0 Å².